The Kier molecular flexibility index (Phi) is 8.22. The van der Waals surface area contributed by atoms with Crippen LogP contribution in [0.2, 0.25) is 0 Å². The zero-order valence-electron chi connectivity index (χ0n) is 20.0. The Hall–Kier alpha value is -4.28. The molecule has 0 saturated carbocycles. The van der Waals surface area contributed by atoms with E-state index in [-0.39, 0.29) is 11.7 Å². The van der Waals surface area contributed by atoms with Gasteiger partial charge in [0.25, 0.3) is 0 Å². The first-order chi connectivity index (χ1) is 17.6. The number of amides is 1. The second-order valence-electron chi connectivity index (χ2n) is 7.86. The van der Waals surface area contributed by atoms with Gasteiger partial charge in [0.15, 0.2) is 0 Å². The van der Waals surface area contributed by atoms with Crippen LogP contribution in [0.3, 0.4) is 0 Å². The van der Waals surface area contributed by atoms with E-state index < -0.39 is 0 Å². The molecule has 0 atom stereocenters. The summed E-state index contributed by atoms with van der Waals surface area (Å²) in [7, 11) is 3.23. The average molecular weight is 496 g/mol. The number of thioether (sulfide) groups is 1. The SMILES string of the molecule is COc1ccc(-c2cc(-c3ccc(OC)cc3)c(C#N)c(SCC(=O)NCc3ccccc3)n2)cc1. The summed E-state index contributed by atoms with van der Waals surface area (Å²) in [6.07, 6.45) is 0. The summed E-state index contributed by atoms with van der Waals surface area (Å²) >= 11 is 1.25. The fourth-order valence-corrected chi connectivity index (χ4v) is 4.46. The highest BCUT2D eigenvalue weighted by Gasteiger charge is 2.17. The van der Waals surface area contributed by atoms with Crippen molar-refractivity contribution in [3.63, 3.8) is 0 Å². The van der Waals surface area contributed by atoms with Crippen LogP contribution in [0.15, 0.2) is 90.0 Å². The molecule has 0 aliphatic rings. The van der Waals surface area contributed by atoms with Crippen molar-refractivity contribution in [2.45, 2.75) is 11.6 Å². The van der Waals surface area contributed by atoms with Crippen molar-refractivity contribution in [1.29, 1.82) is 5.26 Å². The number of nitrogens with one attached hydrogen (secondary N) is 1. The van der Waals surface area contributed by atoms with Crippen LogP contribution in [-0.2, 0) is 11.3 Å². The standard InChI is InChI=1S/C29H25N3O3S/c1-34-23-12-8-21(9-13-23)25-16-27(22-10-14-24(35-2)15-11-22)32-29(26(25)17-30)36-19-28(33)31-18-20-6-4-3-5-7-20/h3-16H,18-19H2,1-2H3,(H,31,33). The first kappa shape index (κ1) is 24.8. The van der Waals surface area contributed by atoms with Crippen LogP contribution >= 0.6 is 11.8 Å². The van der Waals surface area contributed by atoms with Gasteiger partial charge in [-0.3, -0.25) is 4.79 Å². The number of carbonyl (C=O) groups is 1. The molecule has 0 bridgehead atoms. The van der Waals surface area contributed by atoms with Gasteiger partial charge in [-0.25, -0.2) is 4.98 Å². The third kappa shape index (κ3) is 6.04. The van der Waals surface area contributed by atoms with Crippen molar-refractivity contribution in [1.82, 2.24) is 10.3 Å². The number of ether oxygens (including phenoxy) is 2. The van der Waals surface area contributed by atoms with E-state index >= 15 is 0 Å². The number of methoxy groups -OCH3 is 2. The molecule has 3 aromatic carbocycles. The highest BCUT2D eigenvalue weighted by molar-refractivity contribution is 8.00. The topological polar surface area (TPSA) is 84.2 Å². The van der Waals surface area contributed by atoms with Crippen LogP contribution in [0, 0.1) is 11.3 Å². The van der Waals surface area contributed by atoms with Gasteiger partial charge >= 0.3 is 0 Å². The highest BCUT2D eigenvalue weighted by atomic mass is 32.2. The van der Waals surface area contributed by atoms with Crippen molar-refractivity contribution < 1.29 is 14.3 Å². The maximum absolute atomic E-state index is 12.6. The van der Waals surface area contributed by atoms with Crippen LogP contribution in [0.25, 0.3) is 22.4 Å². The smallest absolute Gasteiger partial charge is 0.230 e. The molecular weight excluding hydrogens is 470 g/mol. The zero-order valence-corrected chi connectivity index (χ0v) is 20.8. The number of carbonyl (C=O) groups excluding carboxylic acids is 1. The number of rotatable bonds is 9. The molecule has 0 aliphatic carbocycles. The molecule has 1 amide bonds. The predicted octanol–water partition coefficient (Wildman–Crippen LogP) is 5.71. The van der Waals surface area contributed by atoms with Gasteiger partial charge in [0.05, 0.1) is 31.2 Å². The highest BCUT2D eigenvalue weighted by Crippen LogP contribution is 2.35. The van der Waals surface area contributed by atoms with E-state index in [4.69, 9.17) is 14.5 Å². The van der Waals surface area contributed by atoms with Gasteiger partial charge in [0.1, 0.15) is 22.6 Å². The van der Waals surface area contributed by atoms with E-state index in [0.717, 1.165) is 33.8 Å². The Morgan fingerprint density at radius 3 is 2.11 bits per heavy atom. The van der Waals surface area contributed by atoms with E-state index in [0.29, 0.717) is 22.8 Å². The van der Waals surface area contributed by atoms with Gasteiger partial charge in [0.2, 0.25) is 5.91 Å². The Morgan fingerprint density at radius 1 is 0.917 bits per heavy atom. The van der Waals surface area contributed by atoms with Gasteiger partial charge in [-0.2, -0.15) is 5.26 Å². The second kappa shape index (κ2) is 11.9. The van der Waals surface area contributed by atoms with Crippen molar-refractivity contribution in [2.75, 3.05) is 20.0 Å². The Bertz CT molecular complexity index is 1370. The fraction of sp³-hybridized carbons (Fsp3) is 0.138. The molecule has 6 nitrogen and oxygen atoms in total. The van der Waals surface area contributed by atoms with Crippen LogP contribution in [0.1, 0.15) is 11.1 Å². The van der Waals surface area contributed by atoms with Crippen LogP contribution in [0.5, 0.6) is 11.5 Å². The lowest BCUT2D eigenvalue weighted by atomic mass is 9.99. The Morgan fingerprint density at radius 2 is 1.53 bits per heavy atom. The van der Waals surface area contributed by atoms with Crippen molar-refractivity contribution in [3.05, 3.63) is 96.1 Å². The lowest BCUT2D eigenvalue weighted by Crippen LogP contribution is -2.24. The largest absolute Gasteiger partial charge is 0.497 e. The minimum atomic E-state index is -0.129. The maximum atomic E-state index is 12.6. The summed E-state index contributed by atoms with van der Waals surface area (Å²) in [6.45, 7) is 0.446. The molecule has 7 heteroatoms. The van der Waals surface area contributed by atoms with E-state index in [2.05, 4.69) is 11.4 Å². The lowest BCUT2D eigenvalue weighted by molar-refractivity contribution is -0.118. The number of nitriles is 1. The number of nitrogens with zero attached hydrogens (tertiary/aromatic N) is 2. The summed E-state index contributed by atoms with van der Waals surface area (Å²) in [4.78, 5) is 17.3. The van der Waals surface area contributed by atoms with Crippen LogP contribution in [-0.4, -0.2) is 30.9 Å². The van der Waals surface area contributed by atoms with Gasteiger partial charge in [-0.1, -0.05) is 54.2 Å². The third-order valence-electron chi connectivity index (χ3n) is 5.56. The quantitative estimate of drug-likeness (QED) is 0.299. The molecule has 180 valence electrons. The molecule has 1 aromatic heterocycles. The minimum absolute atomic E-state index is 0.129. The number of hydrogen-bond donors (Lipinski definition) is 1. The van der Waals surface area contributed by atoms with Crippen molar-refractivity contribution in [3.8, 4) is 40.0 Å². The summed E-state index contributed by atoms with van der Waals surface area (Å²) in [5.74, 6) is 1.48. The van der Waals surface area contributed by atoms with Gasteiger partial charge in [-0.05, 0) is 53.6 Å². The molecule has 0 radical (unpaired) electrons. The summed E-state index contributed by atoms with van der Waals surface area (Å²) in [5, 5.41) is 13.5. The van der Waals surface area contributed by atoms with Crippen molar-refractivity contribution in [2.24, 2.45) is 0 Å². The fourth-order valence-electron chi connectivity index (χ4n) is 3.62. The van der Waals surface area contributed by atoms with Gasteiger partial charge < -0.3 is 14.8 Å². The summed E-state index contributed by atoms with van der Waals surface area (Å²) in [6, 6.07) is 29.0. The molecule has 4 aromatic rings. The molecular formula is C29H25N3O3S. The molecule has 0 aliphatic heterocycles. The molecule has 36 heavy (non-hydrogen) atoms. The first-order valence-corrected chi connectivity index (χ1v) is 12.3. The average Bonchev–Trinajstić information content (AvgIpc) is 2.95. The van der Waals surface area contributed by atoms with E-state index in [9.17, 15) is 10.1 Å². The molecule has 4 rings (SSSR count). The zero-order chi connectivity index (χ0) is 25.3. The molecule has 1 N–H and O–H groups in total. The summed E-state index contributed by atoms with van der Waals surface area (Å²) < 4.78 is 10.6. The molecule has 0 spiro atoms. The van der Waals surface area contributed by atoms with E-state index in [1.807, 2.05) is 84.9 Å². The number of aromatic nitrogens is 1. The summed E-state index contributed by atoms with van der Waals surface area (Å²) in [5.41, 5.74) is 4.64. The van der Waals surface area contributed by atoms with E-state index in [1.165, 1.54) is 11.8 Å². The third-order valence-corrected chi connectivity index (χ3v) is 6.53. The number of hydrogen-bond acceptors (Lipinski definition) is 6. The lowest BCUT2D eigenvalue weighted by Gasteiger charge is -2.13. The molecule has 0 unspecified atom stereocenters. The predicted molar refractivity (Wildman–Crippen MR) is 142 cm³/mol. The van der Waals surface area contributed by atoms with E-state index in [1.54, 1.807) is 14.2 Å². The number of pyridine rings is 1. The van der Waals surface area contributed by atoms with Gasteiger partial charge in [0, 0.05) is 17.7 Å². The monoisotopic (exact) mass is 495 g/mol. The molecule has 0 fully saturated rings. The first-order valence-electron chi connectivity index (χ1n) is 11.3. The maximum Gasteiger partial charge on any atom is 0.230 e. The van der Waals surface area contributed by atoms with Gasteiger partial charge in [-0.15, -0.1) is 0 Å². The Balaban J connectivity index is 1.65. The molecule has 0 saturated heterocycles. The second-order valence-corrected chi connectivity index (χ2v) is 8.82. The molecule has 1 heterocycles. The Labute approximate surface area is 214 Å². The van der Waals surface area contributed by atoms with Crippen molar-refractivity contribution >= 4 is 17.7 Å². The number of benzene rings is 3. The minimum Gasteiger partial charge on any atom is -0.497 e. The van der Waals surface area contributed by atoms with Crippen LogP contribution < -0.4 is 14.8 Å². The van der Waals surface area contributed by atoms with Crippen LogP contribution in [0.4, 0.5) is 0 Å². The normalized spacial score (nSPS) is 10.4.